The molecule has 0 aromatic heterocycles. The fourth-order valence-corrected chi connectivity index (χ4v) is 2.26. The summed E-state index contributed by atoms with van der Waals surface area (Å²) in [7, 11) is 0. The summed E-state index contributed by atoms with van der Waals surface area (Å²) in [5.74, 6) is -1.64. The molecule has 0 aliphatic heterocycles. The lowest BCUT2D eigenvalue weighted by atomic mass is 10.1. The highest BCUT2D eigenvalue weighted by Crippen LogP contribution is 2.11. The van der Waals surface area contributed by atoms with Crippen LogP contribution in [-0.4, -0.2) is 22.8 Å². The van der Waals surface area contributed by atoms with Gasteiger partial charge in [0.15, 0.2) is 5.11 Å². The number of benzene rings is 2. The van der Waals surface area contributed by atoms with Crippen molar-refractivity contribution in [1.29, 1.82) is 0 Å². The molecule has 0 aliphatic rings. The third kappa shape index (κ3) is 7.44. The van der Waals surface area contributed by atoms with E-state index in [1.807, 2.05) is 0 Å². The largest absolute Gasteiger partial charge is 0.326 e. The van der Waals surface area contributed by atoms with Gasteiger partial charge in [-0.25, -0.2) is 4.39 Å². The number of nitrogens with one attached hydrogen (secondary N) is 4. The number of hydrogen-bond acceptors (Lipinski definition) is 4. The predicted molar refractivity (Wildman–Crippen MR) is 117 cm³/mol. The van der Waals surface area contributed by atoms with Crippen molar-refractivity contribution in [1.82, 2.24) is 16.2 Å². The zero-order valence-corrected chi connectivity index (χ0v) is 17.2. The molecule has 2 aromatic carbocycles. The van der Waals surface area contributed by atoms with E-state index in [2.05, 4.69) is 21.5 Å². The molecule has 0 heterocycles. The molecule has 2 aromatic rings. The first-order valence-electron chi connectivity index (χ1n) is 9.00. The molecule has 0 aliphatic carbocycles. The average Bonchev–Trinajstić information content (AvgIpc) is 2.72. The van der Waals surface area contributed by atoms with Gasteiger partial charge < -0.3 is 5.32 Å². The summed E-state index contributed by atoms with van der Waals surface area (Å²) in [6.45, 7) is 3.56. The van der Waals surface area contributed by atoms with Crippen LogP contribution in [0.25, 0.3) is 6.08 Å². The standard InChI is InChI=1S/C21H21FN4O3S/c1-13(2)19(28)23-17-10-6-15(7-11-17)20(29)25-26-21(30)24-18(27)12-5-14-3-8-16(22)9-4-14/h3-13H,1-2H3,(H,23,28)(H,25,29)(H2,24,26,27,30). The lowest BCUT2D eigenvalue weighted by Gasteiger charge is -2.11. The first-order valence-corrected chi connectivity index (χ1v) is 9.41. The number of amides is 3. The van der Waals surface area contributed by atoms with E-state index in [9.17, 15) is 18.8 Å². The maximum atomic E-state index is 12.8. The van der Waals surface area contributed by atoms with Crippen molar-refractivity contribution in [3.63, 3.8) is 0 Å². The molecule has 2 rings (SSSR count). The number of halogens is 1. The van der Waals surface area contributed by atoms with Gasteiger partial charge in [-0.05, 0) is 60.3 Å². The summed E-state index contributed by atoms with van der Waals surface area (Å²) >= 11 is 4.95. The Morgan fingerprint density at radius 3 is 2.20 bits per heavy atom. The second kappa shape index (κ2) is 10.8. The van der Waals surface area contributed by atoms with Gasteiger partial charge in [0.05, 0.1) is 0 Å². The normalized spacial score (nSPS) is 10.5. The maximum absolute atomic E-state index is 12.8. The van der Waals surface area contributed by atoms with Gasteiger partial charge in [0, 0.05) is 23.2 Å². The molecule has 4 N–H and O–H groups in total. The van der Waals surface area contributed by atoms with E-state index in [0.717, 1.165) is 0 Å². The molecule has 0 atom stereocenters. The van der Waals surface area contributed by atoms with Crippen LogP contribution in [0.3, 0.4) is 0 Å². The first-order chi connectivity index (χ1) is 14.2. The van der Waals surface area contributed by atoms with Crippen molar-refractivity contribution in [2.45, 2.75) is 13.8 Å². The summed E-state index contributed by atoms with van der Waals surface area (Å²) in [5, 5.41) is 5.00. The van der Waals surface area contributed by atoms with Gasteiger partial charge in [0.1, 0.15) is 5.82 Å². The van der Waals surface area contributed by atoms with Crippen molar-refractivity contribution in [2.24, 2.45) is 5.92 Å². The number of hydrazine groups is 1. The van der Waals surface area contributed by atoms with Gasteiger partial charge in [0.25, 0.3) is 5.91 Å². The molecule has 0 saturated carbocycles. The van der Waals surface area contributed by atoms with E-state index >= 15 is 0 Å². The molecule has 0 bridgehead atoms. The van der Waals surface area contributed by atoms with Crippen molar-refractivity contribution < 1.29 is 18.8 Å². The van der Waals surface area contributed by atoms with Crippen LogP contribution in [0.5, 0.6) is 0 Å². The van der Waals surface area contributed by atoms with Crippen LogP contribution < -0.4 is 21.5 Å². The smallest absolute Gasteiger partial charge is 0.269 e. The maximum Gasteiger partial charge on any atom is 0.269 e. The Bertz CT molecular complexity index is 957. The number of thiocarbonyl (C=S) groups is 1. The Kier molecular flexibility index (Phi) is 8.18. The minimum absolute atomic E-state index is 0.0991. The van der Waals surface area contributed by atoms with Gasteiger partial charge in [-0.3, -0.25) is 30.6 Å². The SMILES string of the molecule is CC(C)C(=O)Nc1ccc(C(=O)NNC(=S)NC(=O)C=Cc2ccc(F)cc2)cc1. The molecule has 9 heteroatoms. The summed E-state index contributed by atoms with van der Waals surface area (Å²) in [6.07, 6.45) is 2.73. The van der Waals surface area contributed by atoms with Crippen molar-refractivity contribution >= 4 is 46.8 Å². The molecule has 0 spiro atoms. The van der Waals surface area contributed by atoms with Gasteiger partial charge in [-0.2, -0.15) is 0 Å². The lowest BCUT2D eigenvalue weighted by molar-refractivity contribution is -0.119. The second-order valence-corrected chi connectivity index (χ2v) is 6.91. The molecule has 156 valence electrons. The van der Waals surface area contributed by atoms with Crippen LogP contribution in [0.1, 0.15) is 29.8 Å². The van der Waals surface area contributed by atoms with Gasteiger partial charge >= 0.3 is 0 Å². The van der Waals surface area contributed by atoms with Crippen LogP contribution in [0.4, 0.5) is 10.1 Å². The summed E-state index contributed by atoms with van der Waals surface area (Å²) in [6, 6.07) is 11.9. The van der Waals surface area contributed by atoms with E-state index in [0.29, 0.717) is 16.8 Å². The number of carbonyl (C=O) groups excluding carboxylic acids is 3. The Labute approximate surface area is 178 Å². The fourth-order valence-electron chi connectivity index (χ4n) is 2.11. The molecule has 30 heavy (non-hydrogen) atoms. The van der Waals surface area contributed by atoms with Crippen LogP contribution in [-0.2, 0) is 9.59 Å². The Balaban J connectivity index is 1.79. The van der Waals surface area contributed by atoms with Gasteiger partial charge in [-0.15, -0.1) is 0 Å². The summed E-state index contributed by atoms with van der Waals surface area (Å²) < 4.78 is 12.8. The van der Waals surface area contributed by atoms with Crippen LogP contribution in [0, 0.1) is 11.7 Å². The number of hydrogen-bond donors (Lipinski definition) is 4. The Morgan fingerprint density at radius 1 is 0.967 bits per heavy atom. The molecule has 0 fully saturated rings. The minimum Gasteiger partial charge on any atom is -0.326 e. The van der Waals surface area contributed by atoms with E-state index in [1.165, 1.54) is 36.4 Å². The lowest BCUT2D eigenvalue weighted by Crippen LogP contribution is -2.48. The molecule has 0 saturated heterocycles. The van der Waals surface area contributed by atoms with E-state index < -0.39 is 11.8 Å². The fraction of sp³-hybridized carbons (Fsp3) is 0.143. The average molecular weight is 428 g/mol. The first kappa shape index (κ1) is 22.7. The highest BCUT2D eigenvalue weighted by molar-refractivity contribution is 7.80. The van der Waals surface area contributed by atoms with Crippen LogP contribution >= 0.6 is 12.2 Å². The quantitative estimate of drug-likeness (QED) is 0.333. The monoisotopic (exact) mass is 428 g/mol. The topological polar surface area (TPSA) is 99.3 Å². The van der Waals surface area contributed by atoms with Gasteiger partial charge in [-0.1, -0.05) is 26.0 Å². The molecule has 0 radical (unpaired) electrons. The zero-order chi connectivity index (χ0) is 22.1. The number of anilines is 1. The molecular weight excluding hydrogens is 407 g/mol. The van der Waals surface area contributed by atoms with Crippen molar-refractivity contribution in [3.05, 3.63) is 71.6 Å². The molecule has 0 unspecified atom stereocenters. The van der Waals surface area contributed by atoms with Crippen molar-refractivity contribution in [2.75, 3.05) is 5.32 Å². The number of rotatable bonds is 5. The van der Waals surface area contributed by atoms with Gasteiger partial charge in [0.2, 0.25) is 11.8 Å². The van der Waals surface area contributed by atoms with E-state index in [1.54, 1.807) is 38.1 Å². The third-order valence-corrected chi connectivity index (χ3v) is 3.97. The summed E-state index contributed by atoms with van der Waals surface area (Å²) in [4.78, 5) is 35.6. The van der Waals surface area contributed by atoms with E-state index in [4.69, 9.17) is 12.2 Å². The Hall–Kier alpha value is -3.59. The Morgan fingerprint density at radius 2 is 1.60 bits per heavy atom. The van der Waals surface area contributed by atoms with E-state index in [-0.39, 0.29) is 22.8 Å². The van der Waals surface area contributed by atoms with Crippen LogP contribution in [0.2, 0.25) is 0 Å². The molecular formula is C21H21FN4O3S. The molecule has 3 amide bonds. The predicted octanol–water partition coefficient (Wildman–Crippen LogP) is 2.77. The summed E-state index contributed by atoms with van der Waals surface area (Å²) in [5.41, 5.74) is 6.34. The zero-order valence-electron chi connectivity index (χ0n) is 16.4. The highest BCUT2D eigenvalue weighted by Gasteiger charge is 2.09. The second-order valence-electron chi connectivity index (χ2n) is 6.50. The van der Waals surface area contributed by atoms with Crippen LogP contribution in [0.15, 0.2) is 54.6 Å². The van der Waals surface area contributed by atoms with Crippen molar-refractivity contribution in [3.8, 4) is 0 Å². The molecule has 7 nitrogen and oxygen atoms in total. The number of carbonyl (C=O) groups is 3. The highest BCUT2D eigenvalue weighted by atomic mass is 32.1. The minimum atomic E-state index is -0.517. The third-order valence-electron chi connectivity index (χ3n) is 3.76.